The van der Waals surface area contributed by atoms with Crippen LogP contribution < -0.4 is 29.6 Å². The van der Waals surface area contributed by atoms with Crippen LogP contribution in [0, 0.1) is 0 Å². The monoisotopic (exact) mass is 823 g/mol. The molecule has 2 heterocycles. The number of nitrogens with zero attached hydrogens (tertiary/aromatic N) is 2. The number of anilines is 3. The average molecular weight is 824 g/mol. The van der Waals surface area contributed by atoms with E-state index in [0.717, 1.165) is 79.5 Å². The van der Waals surface area contributed by atoms with Crippen molar-refractivity contribution in [1.29, 1.82) is 0 Å². The fourth-order valence-electron chi connectivity index (χ4n) is 7.04. The molecule has 0 spiro atoms. The van der Waals surface area contributed by atoms with Gasteiger partial charge in [-0.25, -0.2) is 13.2 Å². The van der Waals surface area contributed by atoms with Crippen LogP contribution in [0.2, 0.25) is 0 Å². The van der Waals surface area contributed by atoms with Gasteiger partial charge in [-0.15, -0.1) is 0 Å². The Labute approximate surface area is 346 Å². The minimum Gasteiger partial charge on any atom is -0.496 e. The SMILES string of the molecule is COc1cc(Cc2cc(Oc3ccc(NC(=O)Nc4cc(C(C)(C)C)cc(NS(C)(=O)=O)c4OC)c4ccccc34)ccn2)ccc1C(=O)CCCN1CCCOCC1. The molecule has 13 nitrogen and oxygen atoms in total. The predicted molar refractivity (Wildman–Crippen MR) is 232 cm³/mol. The number of rotatable bonds is 15. The van der Waals surface area contributed by atoms with Gasteiger partial charge < -0.3 is 34.5 Å². The van der Waals surface area contributed by atoms with Gasteiger partial charge in [-0.3, -0.25) is 14.5 Å². The Bertz CT molecular complexity index is 2410. The Balaban J connectivity index is 1.14. The summed E-state index contributed by atoms with van der Waals surface area (Å²) in [6.07, 6.45) is 5.48. The Morgan fingerprint density at radius 2 is 1.61 bits per heavy atom. The van der Waals surface area contributed by atoms with Crippen LogP contribution in [0.4, 0.5) is 21.9 Å². The maximum Gasteiger partial charge on any atom is 0.323 e. The molecule has 6 rings (SSSR count). The average Bonchev–Trinajstić information content (AvgIpc) is 3.47. The minimum absolute atomic E-state index is 0.0614. The van der Waals surface area contributed by atoms with Gasteiger partial charge in [0.15, 0.2) is 11.5 Å². The molecule has 0 bridgehead atoms. The van der Waals surface area contributed by atoms with Gasteiger partial charge in [0, 0.05) is 61.3 Å². The van der Waals surface area contributed by atoms with Gasteiger partial charge in [0.25, 0.3) is 0 Å². The summed E-state index contributed by atoms with van der Waals surface area (Å²) >= 11 is 0. The molecule has 0 saturated carbocycles. The molecule has 4 aromatic carbocycles. The number of hydrogen-bond acceptors (Lipinski definition) is 10. The standard InChI is InChI=1S/C45H53N5O8S/c1-45(2,3)31-27-38(43(56-5)39(28-31)49-59(6,53)54)48-44(52)47-37-16-17-41(35-12-8-7-11-34(35)37)58-33-18-19-46-32(29-33)25-30-14-15-36(42(26-30)55-4)40(51)13-9-20-50-21-10-23-57-24-22-50/h7-8,11-12,14-19,26-29,49H,9-10,13,20-25H2,1-6H3,(H2,47,48,52). The zero-order chi connectivity index (χ0) is 42.2. The molecule has 14 heteroatoms. The van der Waals surface area contributed by atoms with Crippen molar-refractivity contribution < 1.29 is 37.0 Å². The summed E-state index contributed by atoms with van der Waals surface area (Å²) in [5.74, 6) is 1.94. The van der Waals surface area contributed by atoms with E-state index in [1.54, 1.807) is 43.6 Å². The van der Waals surface area contributed by atoms with Gasteiger partial charge >= 0.3 is 6.03 Å². The van der Waals surface area contributed by atoms with Gasteiger partial charge in [-0.2, -0.15) is 0 Å². The van der Waals surface area contributed by atoms with Crippen LogP contribution in [0.5, 0.6) is 23.0 Å². The maximum atomic E-state index is 13.5. The van der Waals surface area contributed by atoms with Crippen LogP contribution in [-0.4, -0.2) is 83.4 Å². The van der Waals surface area contributed by atoms with Crippen molar-refractivity contribution in [3.8, 4) is 23.0 Å². The highest BCUT2D eigenvalue weighted by Gasteiger charge is 2.23. The number of hydrogen-bond donors (Lipinski definition) is 3. The first kappa shape index (κ1) is 42.9. The predicted octanol–water partition coefficient (Wildman–Crippen LogP) is 8.63. The highest BCUT2D eigenvalue weighted by Crippen LogP contribution is 2.40. The number of fused-ring (bicyclic) bond motifs is 1. The molecule has 0 aliphatic carbocycles. The number of carbonyl (C=O) groups is 2. The van der Waals surface area contributed by atoms with Crippen LogP contribution in [0.15, 0.2) is 85.1 Å². The molecule has 1 fully saturated rings. The second kappa shape index (κ2) is 18.9. The van der Waals surface area contributed by atoms with Crippen molar-refractivity contribution in [2.45, 2.75) is 51.9 Å². The summed E-state index contributed by atoms with van der Waals surface area (Å²) in [6, 6.07) is 23.4. The Kier molecular flexibility index (Phi) is 13.8. The fraction of sp³-hybridized carbons (Fsp3) is 0.356. The van der Waals surface area contributed by atoms with E-state index in [4.69, 9.17) is 18.9 Å². The highest BCUT2D eigenvalue weighted by atomic mass is 32.2. The van der Waals surface area contributed by atoms with E-state index in [2.05, 4.69) is 25.2 Å². The van der Waals surface area contributed by atoms with Crippen molar-refractivity contribution in [3.05, 3.63) is 107 Å². The van der Waals surface area contributed by atoms with E-state index < -0.39 is 16.1 Å². The minimum atomic E-state index is -3.64. The Hall–Kier alpha value is -5.70. The van der Waals surface area contributed by atoms with Gasteiger partial charge in [0.2, 0.25) is 10.0 Å². The highest BCUT2D eigenvalue weighted by molar-refractivity contribution is 7.92. The Morgan fingerprint density at radius 3 is 2.36 bits per heavy atom. The molecule has 5 aromatic rings. The summed E-state index contributed by atoms with van der Waals surface area (Å²) < 4.78 is 50.1. The molecular weight excluding hydrogens is 771 g/mol. The second-order valence-corrected chi connectivity index (χ2v) is 17.3. The van der Waals surface area contributed by atoms with Crippen LogP contribution in [0.1, 0.15) is 67.2 Å². The molecule has 0 unspecified atom stereocenters. The van der Waals surface area contributed by atoms with Crippen LogP contribution in [-0.2, 0) is 26.6 Å². The lowest BCUT2D eigenvalue weighted by Crippen LogP contribution is -2.27. The maximum absolute atomic E-state index is 13.5. The van der Waals surface area contributed by atoms with Gasteiger partial charge in [0.05, 0.1) is 49.7 Å². The lowest BCUT2D eigenvalue weighted by atomic mass is 9.86. The first-order chi connectivity index (χ1) is 28.2. The third kappa shape index (κ3) is 11.5. The van der Waals surface area contributed by atoms with Crippen LogP contribution in [0.25, 0.3) is 10.8 Å². The van der Waals surface area contributed by atoms with Gasteiger partial charge in [-0.1, -0.05) is 51.1 Å². The molecule has 312 valence electrons. The molecule has 0 atom stereocenters. The third-order valence-corrected chi connectivity index (χ3v) is 10.6. The third-order valence-electron chi connectivity index (χ3n) is 10.00. The van der Waals surface area contributed by atoms with Crippen molar-refractivity contribution in [3.63, 3.8) is 0 Å². The number of ketones is 1. The van der Waals surface area contributed by atoms with Crippen molar-refractivity contribution in [2.24, 2.45) is 0 Å². The number of benzene rings is 4. The topological polar surface area (TPSA) is 157 Å². The van der Waals surface area contributed by atoms with E-state index in [1.165, 1.54) is 7.11 Å². The number of pyridine rings is 1. The zero-order valence-corrected chi connectivity index (χ0v) is 35.3. The lowest BCUT2D eigenvalue weighted by Gasteiger charge is -2.24. The second-order valence-electron chi connectivity index (χ2n) is 15.6. The number of methoxy groups -OCH3 is 2. The normalized spacial score (nSPS) is 13.7. The summed E-state index contributed by atoms with van der Waals surface area (Å²) in [5, 5.41) is 7.29. The zero-order valence-electron chi connectivity index (χ0n) is 34.5. The van der Waals surface area contributed by atoms with E-state index in [9.17, 15) is 18.0 Å². The van der Waals surface area contributed by atoms with Crippen LogP contribution in [0.3, 0.4) is 0 Å². The molecule has 1 saturated heterocycles. The van der Waals surface area contributed by atoms with E-state index in [1.807, 2.05) is 69.3 Å². The number of nitrogens with one attached hydrogen (secondary N) is 3. The first-order valence-corrected chi connectivity index (χ1v) is 21.5. The van der Waals surface area contributed by atoms with Gasteiger partial charge in [0.1, 0.15) is 17.2 Å². The molecular formula is C45H53N5O8S. The number of amides is 2. The number of carbonyl (C=O) groups excluding carboxylic acids is 2. The largest absolute Gasteiger partial charge is 0.496 e. The van der Waals surface area contributed by atoms with E-state index >= 15 is 0 Å². The number of ether oxygens (including phenoxy) is 4. The summed E-state index contributed by atoms with van der Waals surface area (Å²) in [7, 11) is -0.646. The molecule has 59 heavy (non-hydrogen) atoms. The van der Waals surface area contributed by atoms with E-state index in [0.29, 0.717) is 47.0 Å². The quantitative estimate of drug-likeness (QED) is 0.0874. The molecule has 1 aliphatic heterocycles. The molecule has 2 amide bonds. The molecule has 1 aromatic heterocycles. The number of sulfonamides is 1. The fourth-order valence-corrected chi connectivity index (χ4v) is 7.59. The molecule has 3 N–H and O–H groups in total. The Morgan fingerprint density at radius 1 is 0.847 bits per heavy atom. The molecule has 1 aliphatic rings. The first-order valence-electron chi connectivity index (χ1n) is 19.6. The van der Waals surface area contributed by atoms with Crippen molar-refractivity contribution in [1.82, 2.24) is 9.88 Å². The van der Waals surface area contributed by atoms with Crippen molar-refractivity contribution >= 4 is 49.7 Å². The molecule has 0 radical (unpaired) electrons. The van der Waals surface area contributed by atoms with Crippen LogP contribution >= 0.6 is 0 Å². The summed E-state index contributed by atoms with van der Waals surface area (Å²) in [5.41, 5.74) is 3.76. The van der Waals surface area contributed by atoms with E-state index in [-0.39, 0.29) is 22.6 Å². The summed E-state index contributed by atoms with van der Waals surface area (Å²) in [4.78, 5) is 33.6. The smallest absolute Gasteiger partial charge is 0.323 e. The lowest BCUT2D eigenvalue weighted by molar-refractivity contribution is 0.0970. The number of aromatic nitrogens is 1. The number of Topliss-reactive ketones (excluding diaryl/α,β-unsaturated/α-hetero) is 1. The summed E-state index contributed by atoms with van der Waals surface area (Å²) in [6.45, 7) is 10.3. The number of urea groups is 1. The van der Waals surface area contributed by atoms with Gasteiger partial charge in [-0.05, 0) is 78.4 Å². The van der Waals surface area contributed by atoms with Crippen molar-refractivity contribution in [2.75, 3.05) is 68.7 Å².